The van der Waals surface area contributed by atoms with Crippen molar-refractivity contribution in [3.8, 4) is 0 Å². The van der Waals surface area contributed by atoms with Crippen LogP contribution in [0.2, 0.25) is 0 Å². The number of sulfonamides is 1. The number of ether oxygens (including phenoxy) is 1. The van der Waals surface area contributed by atoms with E-state index in [1.54, 1.807) is 27.1 Å². The first-order valence-electron chi connectivity index (χ1n) is 6.73. The fourth-order valence-electron chi connectivity index (χ4n) is 1.91. The van der Waals surface area contributed by atoms with Gasteiger partial charge in [-0.3, -0.25) is 0 Å². The average molecular weight is 302 g/mol. The maximum Gasteiger partial charge on any atom is 0.246 e. The van der Waals surface area contributed by atoms with Gasteiger partial charge >= 0.3 is 0 Å². The largest absolute Gasteiger partial charge is 0.464 e. The van der Waals surface area contributed by atoms with Gasteiger partial charge in [0, 0.05) is 32.8 Å². The summed E-state index contributed by atoms with van der Waals surface area (Å²) in [6, 6.07) is 2.17. The smallest absolute Gasteiger partial charge is 0.246 e. The molecule has 0 spiro atoms. The molecule has 0 bridgehead atoms. The van der Waals surface area contributed by atoms with Crippen molar-refractivity contribution in [3.05, 3.63) is 17.6 Å². The Bertz CT molecular complexity index is 549. The average Bonchev–Trinajstić information content (AvgIpc) is 3.15. The van der Waals surface area contributed by atoms with Crippen molar-refractivity contribution < 1.29 is 17.6 Å². The minimum atomic E-state index is -3.51. The molecular weight excluding hydrogens is 280 g/mol. The molecule has 1 aliphatic carbocycles. The minimum Gasteiger partial charge on any atom is -0.464 e. The van der Waals surface area contributed by atoms with Gasteiger partial charge in [0.05, 0.1) is 13.2 Å². The van der Waals surface area contributed by atoms with Crippen LogP contribution in [-0.4, -0.2) is 46.1 Å². The first kappa shape index (κ1) is 15.5. The predicted octanol–water partition coefficient (Wildman–Crippen LogP) is 1.11. The lowest BCUT2D eigenvalue weighted by atomic mass is 10.4. The van der Waals surface area contributed by atoms with Gasteiger partial charge in [-0.1, -0.05) is 0 Å². The van der Waals surface area contributed by atoms with E-state index in [4.69, 9.17) is 9.15 Å². The molecule has 1 saturated carbocycles. The van der Waals surface area contributed by atoms with Gasteiger partial charge in [-0.15, -0.1) is 0 Å². The molecule has 1 aromatic heterocycles. The first-order chi connectivity index (χ1) is 9.45. The van der Waals surface area contributed by atoms with Crippen LogP contribution in [0.25, 0.3) is 0 Å². The molecule has 0 atom stereocenters. The second-order valence-corrected chi connectivity index (χ2v) is 7.12. The molecule has 20 heavy (non-hydrogen) atoms. The Balaban J connectivity index is 2.09. The Kier molecular flexibility index (Phi) is 4.85. The van der Waals surface area contributed by atoms with Crippen molar-refractivity contribution in [3.63, 3.8) is 0 Å². The number of methoxy groups -OCH3 is 1. The molecule has 0 unspecified atom stereocenters. The molecule has 0 radical (unpaired) electrons. The number of hydrogen-bond acceptors (Lipinski definition) is 5. The van der Waals surface area contributed by atoms with E-state index in [0.717, 1.165) is 0 Å². The summed E-state index contributed by atoms with van der Waals surface area (Å²) in [5.74, 6) is 1.09. The van der Waals surface area contributed by atoms with Crippen LogP contribution in [0.15, 0.2) is 15.4 Å². The number of likely N-dealkylation sites (N-methyl/N-ethyl adjacent to an activating group) is 1. The van der Waals surface area contributed by atoms with Crippen molar-refractivity contribution in [2.24, 2.45) is 0 Å². The number of aryl methyl sites for hydroxylation is 1. The van der Waals surface area contributed by atoms with Crippen molar-refractivity contribution >= 4 is 10.0 Å². The second kappa shape index (κ2) is 6.26. The Morgan fingerprint density at radius 3 is 2.80 bits per heavy atom. The molecule has 0 aliphatic heterocycles. The molecule has 1 fully saturated rings. The fraction of sp³-hybridized carbons (Fsp3) is 0.692. The van der Waals surface area contributed by atoms with Gasteiger partial charge in [0.15, 0.2) is 0 Å². The van der Waals surface area contributed by atoms with Crippen LogP contribution in [0.1, 0.15) is 24.4 Å². The van der Waals surface area contributed by atoms with E-state index in [-0.39, 0.29) is 4.90 Å². The molecule has 1 aliphatic rings. The lowest BCUT2D eigenvalue weighted by molar-refractivity contribution is 0.185. The zero-order chi connectivity index (χ0) is 14.8. The molecule has 0 aromatic carbocycles. The number of furan rings is 1. The summed E-state index contributed by atoms with van der Waals surface area (Å²) in [5, 5.41) is 3.31. The molecule has 0 amide bonds. The van der Waals surface area contributed by atoms with E-state index in [2.05, 4.69) is 5.32 Å². The Morgan fingerprint density at radius 1 is 1.50 bits per heavy atom. The second-order valence-electron chi connectivity index (χ2n) is 5.11. The topological polar surface area (TPSA) is 71.8 Å². The van der Waals surface area contributed by atoms with Crippen LogP contribution in [0.3, 0.4) is 0 Å². The van der Waals surface area contributed by atoms with Crippen molar-refractivity contribution in [1.29, 1.82) is 0 Å². The Morgan fingerprint density at radius 2 is 2.20 bits per heavy atom. The van der Waals surface area contributed by atoms with Gasteiger partial charge < -0.3 is 14.5 Å². The van der Waals surface area contributed by atoms with Crippen LogP contribution >= 0.6 is 0 Å². The normalized spacial score (nSPS) is 16.0. The van der Waals surface area contributed by atoms with E-state index in [1.165, 1.54) is 17.1 Å². The summed E-state index contributed by atoms with van der Waals surface area (Å²) >= 11 is 0. The number of rotatable bonds is 8. The van der Waals surface area contributed by atoms with Crippen LogP contribution < -0.4 is 5.32 Å². The van der Waals surface area contributed by atoms with E-state index < -0.39 is 10.0 Å². The van der Waals surface area contributed by atoms with E-state index >= 15 is 0 Å². The Labute approximate surface area is 120 Å². The summed E-state index contributed by atoms with van der Waals surface area (Å²) in [7, 11) is -0.421. The molecule has 1 heterocycles. The van der Waals surface area contributed by atoms with Crippen LogP contribution in [0.4, 0.5) is 0 Å². The highest BCUT2D eigenvalue weighted by atomic mass is 32.2. The summed E-state index contributed by atoms with van der Waals surface area (Å²) in [5.41, 5.74) is 0. The molecule has 6 nitrogen and oxygen atoms in total. The van der Waals surface area contributed by atoms with E-state index in [0.29, 0.717) is 37.3 Å². The lowest BCUT2D eigenvalue weighted by Gasteiger charge is -2.15. The maximum absolute atomic E-state index is 12.4. The third-order valence-corrected chi connectivity index (χ3v) is 5.33. The molecular formula is C13H22N2O4S. The fourth-order valence-corrected chi connectivity index (χ4v) is 3.24. The van der Waals surface area contributed by atoms with Crippen LogP contribution in [0.5, 0.6) is 0 Å². The highest BCUT2D eigenvalue weighted by molar-refractivity contribution is 7.89. The first-order valence-corrected chi connectivity index (χ1v) is 8.17. The molecule has 1 aromatic rings. The van der Waals surface area contributed by atoms with Crippen molar-refractivity contribution in [2.75, 3.05) is 27.3 Å². The monoisotopic (exact) mass is 302 g/mol. The van der Waals surface area contributed by atoms with Gasteiger partial charge in [-0.25, -0.2) is 8.42 Å². The van der Waals surface area contributed by atoms with E-state index in [9.17, 15) is 8.42 Å². The van der Waals surface area contributed by atoms with Crippen LogP contribution in [0, 0.1) is 6.92 Å². The summed E-state index contributed by atoms with van der Waals surface area (Å²) in [6.07, 6.45) is 2.37. The summed E-state index contributed by atoms with van der Waals surface area (Å²) in [4.78, 5) is 0.240. The molecule has 7 heteroatoms. The van der Waals surface area contributed by atoms with Gasteiger partial charge in [0.25, 0.3) is 0 Å². The minimum absolute atomic E-state index is 0.240. The summed E-state index contributed by atoms with van der Waals surface area (Å²) in [6.45, 7) is 2.93. The van der Waals surface area contributed by atoms with E-state index in [1.807, 2.05) is 0 Å². The van der Waals surface area contributed by atoms with Gasteiger partial charge in [0.2, 0.25) is 10.0 Å². The van der Waals surface area contributed by atoms with Crippen LogP contribution in [-0.2, 0) is 21.3 Å². The number of hydrogen-bond donors (Lipinski definition) is 1. The third kappa shape index (κ3) is 3.60. The third-order valence-electron chi connectivity index (χ3n) is 3.36. The van der Waals surface area contributed by atoms with Crippen molar-refractivity contribution in [1.82, 2.24) is 9.62 Å². The van der Waals surface area contributed by atoms with Gasteiger partial charge in [-0.05, 0) is 19.8 Å². The van der Waals surface area contributed by atoms with Crippen molar-refractivity contribution in [2.45, 2.75) is 37.2 Å². The highest BCUT2D eigenvalue weighted by Gasteiger charge is 2.27. The highest BCUT2D eigenvalue weighted by Crippen LogP contribution is 2.24. The predicted molar refractivity (Wildman–Crippen MR) is 75.0 cm³/mol. The standard InChI is InChI=1S/C13H22N2O4S/c1-10-13(20(16,17)15(2)6-7-18-3)8-12(19-10)9-14-11-4-5-11/h8,11,14H,4-7,9H2,1-3H3. The Hall–Kier alpha value is -0.890. The van der Waals surface area contributed by atoms with Gasteiger partial charge in [0.1, 0.15) is 16.4 Å². The summed E-state index contributed by atoms with van der Waals surface area (Å²) < 4.78 is 36.6. The molecule has 1 N–H and O–H groups in total. The number of nitrogens with zero attached hydrogens (tertiary/aromatic N) is 1. The molecule has 114 valence electrons. The lowest BCUT2D eigenvalue weighted by Crippen LogP contribution is -2.30. The van der Waals surface area contributed by atoms with Gasteiger partial charge in [-0.2, -0.15) is 4.31 Å². The molecule has 0 saturated heterocycles. The zero-order valence-corrected chi connectivity index (χ0v) is 13.0. The number of nitrogens with one attached hydrogen (secondary N) is 1. The molecule has 2 rings (SSSR count). The zero-order valence-electron chi connectivity index (χ0n) is 12.2. The SMILES string of the molecule is COCCN(C)S(=O)(=O)c1cc(CNC2CC2)oc1C. The maximum atomic E-state index is 12.4. The quantitative estimate of drug-likeness (QED) is 0.779.